The predicted octanol–water partition coefficient (Wildman–Crippen LogP) is 0.657. The van der Waals surface area contributed by atoms with Crippen LogP contribution in [0.25, 0.3) is 0 Å². The topological polar surface area (TPSA) is 6.48 Å². The van der Waals surface area contributed by atoms with Gasteiger partial charge in [-0.3, -0.25) is 0 Å². The zero-order chi connectivity index (χ0) is 8.93. The van der Waals surface area contributed by atoms with Crippen LogP contribution in [0, 0.1) is 0 Å². The zero-order valence-electron chi connectivity index (χ0n) is 8.07. The van der Waals surface area contributed by atoms with Crippen molar-refractivity contribution in [1.82, 2.24) is 9.80 Å². The second kappa shape index (κ2) is 5.75. The van der Waals surface area contributed by atoms with E-state index in [1.54, 1.807) is 0 Å². The van der Waals surface area contributed by atoms with Crippen molar-refractivity contribution in [2.45, 2.75) is 21.3 Å². The van der Waals surface area contributed by atoms with Crippen LogP contribution in [0.3, 0.4) is 0 Å². The molecule has 0 aromatic heterocycles. The molecule has 2 nitrogen and oxygen atoms in total. The van der Waals surface area contributed by atoms with Gasteiger partial charge in [-0.2, -0.15) is 0 Å². The molecule has 0 spiro atoms. The first-order valence-corrected chi connectivity index (χ1v) is 9.90. The van der Waals surface area contributed by atoms with Crippen molar-refractivity contribution in [3.05, 3.63) is 0 Å². The van der Waals surface area contributed by atoms with Crippen LogP contribution in [0.1, 0.15) is 0 Å². The third kappa shape index (κ3) is 3.54. The van der Waals surface area contributed by atoms with Crippen LogP contribution in [0.2, 0.25) is 21.3 Å². The predicted molar refractivity (Wildman–Crippen MR) is 58.7 cm³/mol. The molecular formula is C9H18N2Se2. The first-order chi connectivity index (χ1) is 6.45. The van der Waals surface area contributed by atoms with E-state index < -0.39 is 0 Å². The van der Waals surface area contributed by atoms with Gasteiger partial charge in [-0.1, -0.05) is 0 Å². The maximum atomic E-state index is 2.66. The summed E-state index contributed by atoms with van der Waals surface area (Å²) in [4.78, 5) is 5.31. The van der Waals surface area contributed by atoms with Gasteiger partial charge >= 0.3 is 93.8 Å². The maximum absolute atomic E-state index is 2.66. The number of rotatable bonds is 2. The Labute approximate surface area is 93.7 Å². The molecule has 2 heterocycles. The van der Waals surface area contributed by atoms with E-state index in [9.17, 15) is 0 Å². The molecule has 0 bridgehead atoms. The van der Waals surface area contributed by atoms with Crippen molar-refractivity contribution in [3.63, 3.8) is 0 Å². The molecule has 2 aliphatic heterocycles. The minimum absolute atomic E-state index is 0.974. The molecule has 13 heavy (non-hydrogen) atoms. The molecule has 2 rings (SSSR count). The molecule has 2 fully saturated rings. The molecule has 76 valence electrons. The van der Waals surface area contributed by atoms with Crippen molar-refractivity contribution in [2.75, 3.05) is 32.8 Å². The van der Waals surface area contributed by atoms with Crippen molar-refractivity contribution >= 4 is 29.9 Å². The van der Waals surface area contributed by atoms with Crippen molar-refractivity contribution in [2.24, 2.45) is 0 Å². The average Bonchev–Trinajstić information content (AvgIpc) is 2.21. The summed E-state index contributed by atoms with van der Waals surface area (Å²) >= 11 is 1.95. The Morgan fingerprint density at radius 1 is 0.692 bits per heavy atom. The molecule has 0 radical (unpaired) electrons. The van der Waals surface area contributed by atoms with Crippen LogP contribution in [0.15, 0.2) is 0 Å². The van der Waals surface area contributed by atoms with Crippen LogP contribution in [0.5, 0.6) is 0 Å². The van der Waals surface area contributed by atoms with Gasteiger partial charge in [0.05, 0.1) is 0 Å². The zero-order valence-corrected chi connectivity index (χ0v) is 11.5. The van der Waals surface area contributed by atoms with Crippen LogP contribution >= 0.6 is 0 Å². The second-order valence-corrected chi connectivity index (χ2v) is 8.74. The van der Waals surface area contributed by atoms with Gasteiger partial charge in [0.15, 0.2) is 0 Å². The van der Waals surface area contributed by atoms with Crippen LogP contribution in [-0.2, 0) is 0 Å². The van der Waals surface area contributed by atoms with E-state index >= 15 is 0 Å². The van der Waals surface area contributed by atoms with Crippen LogP contribution in [-0.4, -0.2) is 72.6 Å². The Morgan fingerprint density at radius 3 is 1.46 bits per heavy atom. The Kier molecular flexibility index (Phi) is 4.63. The van der Waals surface area contributed by atoms with Gasteiger partial charge in [-0.05, 0) is 0 Å². The fraction of sp³-hybridized carbons (Fsp3) is 1.00. The van der Waals surface area contributed by atoms with Gasteiger partial charge in [-0.15, -0.1) is 0 Å². The molecule has 0 aromatic carbocycles. The van der Waals surface area contributed by atoms with Gasteiger partial charge in [0, 0.05) is 0 Å². The van der Waals surface area contributed by atoms with Crippen molar-refractivity contribution in [3.8, 4) is 0 Å². The van der Waals surface area contributed by atoms with E-state index in [2.05, 4.69) is 9.80 Å². The first-order valence-electron chi connectivity index (χ1n) is 5.05. The Hall–Kier alpha value is 0.959. The Morgan fingerprint density at radius 2 is 1.08 bits per heavy atom. The molecular weight excluding hydrogens is 294 g/mol. The fourth-order valence-electron chi connectivity index (χ4n) is 1.77. The van der Waals surface area contributed by atoms with Crippen LogP contribution in [0.4, 0.5) is 0 Å². The fourth-order valence-corrected chi connectivity index (χ4v) is 5.87. The molecule has 0 saturated carbocycles. The molecule has 0 aromatic rings. The standard InChI is InChI=1S/C9H18N2Se2/c1-5-12-6-2-10(1)9-11-3-7-13-8-4-11/h1-9H2. The second-order valence-electron chi connectivity index (χ2n) is 3.60. The quantitative estimate of drug-likeness (QED) is 0.691. The monoisotopic (exact) mass is 314 g/mol. The normalized spacial score (nSPS) is 27.7. The third-order valence-corrected chi connectivity index (χ3v) is 6.56. The molecule has 0 atom stereocenters. The summed E-state index contributed by atoms with van der Waals surface area (Å²) in [6.45, 7) is 6.78. The summed E-state index contributed by atoms with van der Waals surface area (Å²) in [5.41, 5.74) is 0. The summed E-state index contributed by atoms with van der Waals surface area (Å²) in [5, 5.41) is 5.96. The third-order valence-electron chi connectivity index (χ3n) is 2.61. The van der Waals surface area contributed by atoms with Gasteiger partial charge < -0.3 is 0 Å². The molecule has 0 N–H and O–H groups in total. The number of hydrogen-bond donors (Lipinski definition) is 0. The molecule has 0 amide bonds. The Bertz CT molecular complexity index is 127. The van der Waals surface area contributed by atoms with Gasteiger partial charge in [-0.25, -0.2) is 0 Å². The minimum atomic E-state index is 0.974. The summed E-state index contributed by atoms with van der Waals surface area (Å²) in [6.07, 6.45) is 0. The van der Waals surface area contributed by atoms with E-state index in [1.165, 1.54) is 54.1 Å². The van der Waals surface area contributed by atoms with Gasteiger partial charge in [0.2, 0.25) is 0 Å². The molecule has 0 aliphatic carbocycles. The number of nitrogens with zero attached hydrogens (tertiary/aromatic N) is 2. The van der Waals surface area contributed by atoms with E-state index in [0.717, 1.165) is 29.9 Å². The van der Waals surface area contributed by atoms with E-state index in [1.807, 2.05) is 0 Å². The van der Waals surface area contributed by atoms with Gasteiger partial charge in [0.25, 0.3) is 0 Å². The SMILES string of the molecule is C1CN(CN2CC[Se]CC2)CC[Se]1. The summed E-state index contributed by atoms with van der Waals surface area (Å²) < 4.78 is 0. The summed E-state index contributed by atoms with van der Waals surface area (Å²) in [7, 11) is 0. The molecule has 0 unspecified atom stereocenters. The van der Waals surface area contributed by atoms with Gasteiger partial charge in [0.1, 0.15) is 0 Å². The van der Waals surface area contributed by atoms with E-state index in [0.29, 0.717) is 0 Å². The molecule has 2 saturated heterocycles. The summed E-state index contributed by atoms with van der Waals surface area (Å²) in [6, 6.07) is 0. The van der Waals surface area contributed by atoms with Crippen molar-refractivity contribution < 1.29 is 0 Å². The van der Waals surface area contributed by atoms with Crippen LogP contribution < -0.4 is 0 Å². The Balaban J connectivity index is 1.69. The first kappa shape index (κ1) is 10.5. The molecule has 2 aliphatic rings. The average molecular weight is 312 g/mol. The van der Waals surface area contributed by atoms with E-state index in [4.69, 9.17) is 0 Å². The summed E-state index contributed by atoms with van der Waals surface area (Å²) in [5.74, 6) is 0. The van der Waals surface area contributed by atoms with E-state index in [-0.39, 0.29) is 0 Å². The number of hydrogen-bond acceptors (Lipinski definition) is 2. The molecule has 4 heteroatoms. The van der Waals surface area contributed by atoms with Crippen molar-refractivity contribution in [1.29, 1.82) is 0 Å².